The molecule has 1 amide bonds. The highest BCUT2D eigenvalue weighted by Crippen LogP contribution is 2.30. The van der Waals surface area contributed by atoms with Gasteiger partial charge in [0.1, 0.15) is 0 Å². The third-order valence-corrected chi connectivity index (χ3v) is 4.18. The lowest BCUT2D eigenvalue weighted by molar-refractivity contribution is 0.0604. The number of hydrogen-bond donors (Lipinski definition) is 1. The molecule has 1 heterocycles. The Kier molecular flexibility index (Phi) is 6.71. The van der Waals surface area contributed by atoms with E-state index in [1.165, 1.54) is 6.42 Å². The molecule has 0 aromatic heterocycles. The van der Waals surface area contributed by atoms with E-state index in [4.69, 9.17) is 15.2 Å². The van der Waals surface area contributed by atoms with Gasteiger partial charge in [0.15, 0.2) is 11.5 Å². The second kappa shape index (κ2) is 8.77. The molecule has 0 spiro atoms. The molecule has 0 bridgehead atoms. The van der Waals surface area contributed by atoms with Crippen LogP contribution >= 0.6 is 0 Å². The molecule has 128 valence electrons. The number of piperidine rings is 1. The number of likely N-dealkylation sites (tertiary alicyclic amines) is 1. The minimum absolute atomic E-state index is 0.0622. The zero-order chi connectivity index (χ0) is 16.7. The third kappa shape index (κ3) is 4.38. The van der Waals surface area contributed by atoms with Crippen LogP contribution in [0.5, 0.6) is 11.5 Å². The Morgan fingerprint density at radius 2 is 1.96 bits per heavy atom. The Hall–Kier alpha value is -1.75. The van der Waals surface area contributed by atoms with Gasteiger partial charge in [-0.25, -0.2) is 0 Å². The van der Waals surface area contributed by atoms with Crippen molar-refractivity contribution >= 4 is 5.91 Å². The fourth-order valence-corrected chi connectivity index (χ4v) is 3.11. The smallest absolute Gasteiger partial charge is 0.254 e. The molecule has 2 rings (SSSR count). The normalized spacial score (nSPS) is 17.9. The Bertz CT molecular complexity index is 517. The van der Waals surface area contributed by atoms with Crippen molar-refractivity contribution in [3.63, 3.8) is 0 Å². The summed E-state index contributed by atoms with van der Waals surface area (Å²) >= 11 is 0. The fourth-order valence-electron chi connectivity index (χ4n) is 3.11. The largest absolute Gasteiger partial charge is 0.490 e. The number of nitrogens with two attached hydrogens (primary N) is 1. The van der Waals surface area contributed by atoms with E-state index in [0.29, 0.717) is 36.8 Å². The summed E-state index contributed by atoms with van der Waals surface area (Å²) in [6, 6.07) is 5.70. The van der Waals surface area contributed by atoms with Crippen LogP contribution in [0.4, 0.5) is 0 Å². The molecule has 0 saturated carbocycles. The van der Waals surface area contributed by atoms with Crippen LogP contribution < -0.4 is 15.2 Å². The van der Waals surface area contributed by atoms with Crippen molar-refractivity contribution in [3.8, 4) is 11.5 Å². The standard InChI is InChI=1S/C18H28N2O3/c1-3-22-16-9-8-14(13-17(16)23-4-2)18(21)20-12-6-5-7-15(20)10-11-19/h8-9,13,15H,3-7,10-12,19H2,1-2H3/t15-/m1/s1. The van der Waals surface area contributed by atoms with E-state index in [2.05, 4.69) is 0 Å². The van der Waals surface area contributed by atoms with Crippen molar-refractivity contribution in [2.75, 3.05) is 26.3 Å². The first-order valence-corrected chi connectivity index (χ1v) is 8.61. The summed E-state index contributed by atoms with van der Waals surface area (Å²) in [6.45, 7) is 6.38. The monoisotopic (exact) mass is 320 g/mol. The highest BCUT2D eigenvalue weighted by molar-refractivity contribution is 5.95. The SMILES string of the molecule is CCOc1ccc(C(=O)N2CCCC[C@@H]2CCN)cc1OCC. The van der Waals surface area contributed by atoms with E-state index in [-0.39, 0.29) is 11.9 Å². The maximum absolute atomic E-state index is 12.9. The quantitative estimate of drug-likeness (QED) is 0.839. The molecular formula is C18H28N2O3. The van der Waals surface area contributed by atoms with Gasteiger partial charge in [0.25, 0.3) is 5.91 Å². The van der Waals surface area contributed by atoms with Crippen molar-refractivity contribution in [2.45, 2.75) is 45.6 Å². The summed E-state index contributed by atoms with van der Waals surface area (Å²) in [5, 5.41) is 0. The van der Waals surface area contributed by atoms with Crippen LogP contribution in [0.1, 0.15) is 49.9 Å². The Morgan fingerprint density at radius 1 is 1.22 bits per heavy atom. The van der Waals surface area contributed by atoms with Crippen LogP contribution in [0.15, 0.2) is 18.2 Å². The van der Waals surface area contributed by atoms with E-state index in [9.17, 15) is 4.79 Å². The molecule has 1 aliphatic rings. The summed E-state index contributed by atoms with van der Waals surface area (Å²) in [7, 11) is 0. The average molecular weight is 320 g/mol. The maximum atomic E-state index is 12.9. The van der Waals surface area contributed by atoms with E-state index >= 15 is 0 Å². The third-order valence-electron chi connectivity index (χ3n) is 4.18. The Labute approximate surface area is 138 Å². The van der Waals surface area contributed by atoms with Crippen molar-refractivity contribution in [1.29, 1.82) is 0 Å². The van der Waals surface area contributed by atoms with Crippen LogP contribution in [0.2, 0.25) is 0 Å². The van der Waals surface area contributed by atoms with Crippen LogP contribution in [0.25, 0.3) is 0 Å². The topological polar surface area (TPSA) is 64.8 Å². The zero-order valence-corrected chi connectivity index (χ0v) is 14.2. The van der Waals surface area contributed by atoms with Crippen LogP contribution in [0.3, 0.4) is 0 Å². The van der Waals surface area contributed by atoms with Gasteiger partial charge >= 0.3 is 0 Å². The van der Waals surface area contributed by atoms with Crippen molar-refractivity contribution in [1.82, 2.24) is 4.90 Å². The van der Waals surface area contributed by atoms with Crippen molar-refractivity contribution in [2.24, 2.45) is 5.73 Å². The summed E-state index contributed by atoms with van der Waals surface area (Å²) < 4.78 is 11.2. The summed E-state index contributed by atoms with van der Waals surface area (Å²) in [4.78, 5) is 14.9. The van der Waals surface area contributed by atoms with E-state index in [0.717, 1.165) is 25.8 Å². The number of hydrogen-bond acceptors (Lipinski definition) is 4. The first kappa shape index (κ1) is 17.6. The van der Waals surface area contributed by atoms with Gasteiger partial charge in [0.05, 0.1) is 13.2 Å². The summed E-state index contributed by atoms with van der Waals surface area (Å²) in [5.41, 5.74) is 6.36. The van der Waals surface area contributed by atoms with Gasteiger partial charge in [-0.2, -0.15) is 0 Å². The van der Waals surface area contributed by atoms with Crippen LogP contribution in [-0.4, -0.2) is 43.2 Å². The molecule has 0 aliphatic carbocycles. The second-order valence-corrected chi connectivity index (χ2v) is 5.75. The summed E-state index contributed by atoms with van der Waals surface area (Å²) in [6.07, 6.45) is 4.13. The predicted octanol–water partition coefficient (Wildman–Crippen LogP) is 2.83. The lowest BCUT2D eigenvalue weighted by Gasteiger charge is -2.35. The first-order chi connectivity index (χ1) is 11.2. The van der Waals surface area contributed by atoms with Crippen molar-refractivity contribution in [3.05, 3.63) is 23.8 Å². The number of benzene rings is 1. The fraction of sp³-hybridized carbons (Fsp3) is 0.611. The lowest BCUT2D eigenvalue weighted by Crippen LogP contribution is -2.44. The molecule has 1 aromatic carbocycles. The lowest BCUT2D eigenvalue weighted by atomic mass is 9.98. The molecule has 1 aromatic rings. The Morgan fingerprint density at radius 3 is 2.65 bits per heavy atom. The molecule has 5 heteroatoms. The molecule has 5 nitrogen and oxygen atoms in total. The minimum Gasteiger partial charge on any atom is -0.490 e. The van der Waals surface area contributed by atoms with E-state index in [1.54, 1.807) is 6.07 Å². The maximum Gasteiger partial charge on any atom is 0.254 e. The van der Waals surface area contributed by atoms with Crippen molar-refractivity contribution < 1.29 is 14.3 Å². The van der Waals surface area contributed by atoms with Gasteiger partial charge in [0, 0.05) is 18.2 Å². The number of nitrogens with zero attached hydrogens (tertiary/aromatic N) is 1. The first-order valence-electron chi connectivity index (χ1n) is 8.61. The second-order valence-electron chi connectivity index (χ2n) is 5.75. The molecule has 23 heavy (non-hydrogen) atoms. The molecule has 1 saturated heterocycles. The highest BCUT2D eigenvalue weighted by atomic mass is 16.5. The molecule has 0 unspecified atom stereocenters. The average Bonchev–Trinajstić information content (AvgIpc) is 2.57. The van der Waals surface area contributed by atoms with Crippen LogP contribution in [0, 0.1) is 0 Å². The van der Waals surface area contributed by atoms with Gasteiger partial charge in [-0.15, -0.1) is 0 Å². The van der Waals surface area contributed by atoms with Gasteiger partial charge < -0.3 is 20.1 Å². The molecular weight excluding hydrogens is 292 g/mol. The minimum atomic E-state index is 0.0622. The van der Waals surface area contributed by atoms with Gasteiger partial charge in [-0.3, -0.25) is 4.79 Å². The molecule has 1 aliphatic heterocycles. The number of ether oxygens (including phenoxy) is 2. The molecule has 2 N–H and O–H groups in total. The number of amides is 1. The van der Waals surface area contributed by atoms with E-state index < -0.39 is 0 Å². The molecule has 1 fully saturated rings. The van der Waals surface area contributed by atoms with Gasteiger partial charge in [0.2, 0.25) is 0 Å². The molecule has 1 atom stereocenters. The summed E-state index contributed by atoms with van der Waals surface area (Å²) in [5.74, 6) is 1.38. The molecule has 0 radical (unpaired) electrons. The number of carbonyl (C=O) groups excluding carboxylic acids is 1. The van der Waals surface area contributed by atoms with Gasteiger partial charge in [-0.05, 0) is 64.3 Å². The van der Waals surface area contributed by atoms with Gasteiger partial charge in [-0.1, -0.05) is 0 Å². The van der Waals surface area contributed by atoms with Crippen LogP contribution in [-0.2, 0) is 0 Å². The highest BCUT2D eigenvalue weighted by Gasteiger charge is 2.27. The zero-order valence-electron chi connectivity index (χ0n) is 14.2. The number of carbonyl (C=O) groups is 1. The van der Waals surface area contributed by atoms with E-state index in [1.807, 2.05) is 30.9 Å². The Balaban J connectivity index is 2.21. The predicted molar refractivity (Wildman–Crippen MR) is 91.1 cm³/mol. The number of rotatable bonds is 7.